The predicted octanol–water partition coefficient (Wildman–Crippen LogP) is 6.31. The molecule has 234 valence electrons. The Morgan fingerprint density at radius 1 is 0.773 bits per heavy atom. The van der Waals surface area contributed by atoms with Gasteiger partial charge in [-0.3, -0.25) is 19.3 Å². The molecule has 1 aliphatic rings. The Morgan fingerprint density at radius 3 is 2.00 bits per heavy atom. The summed E-state index contributed by atoms with van der Waals surface area (Å²) < 4.78 is 11.6. The van der Waals surface area contributed by atoms with Gasteiger partial charge in [-0.2, -0.15) is 0 Å². The van der Waals surface area contributed by atoms with Crippen molar-refractivity contribution in [1.82, 2.24) is 9.80 Å². The van der Waals surface area contributed by atoms with E-state index in [0.29, 0.717) is 37.1 Å². The van der Waals surface area contributed by atoms with Crippen molar-refractivity contribution >= 4 is 17.8 Å². The number of esters is 1. The van der Waals surface area contributed by atoms with E-state index in [0.717, 1.165) is 49.1 Å². The number of carbonyl (C=O) groups excluding carboxylic acids is 3. The highest BCUT2D eigenvalue weighted by Gasteiger charge is 2.34. The fourth-order valence-corrected chi connectivity index (χ4v) is 5.49. The van der Waals surface area contributed by atoms with E-state index < -0.39 is 5.60 Å². The number of imide groups is 1. The Kier molecular flexibility index (Phi) is 11.3. The van der Waals surface area contributed by atoms with E-state index in [4.69, 9.17) is 9.47 Å². The average Bonchev–Trinajstić information content (AvgIpc) is 3.21. The van der Waals surface area contributed by atoms with Gasteiger partial charge in [-0.05, 0) is 114 Å². The first kappa shape index (κ1) is 32.9. The second kappa shape index (κ2) is 15.2. The van der Waals surface area contributed by atoms with Crippen molar-refractivity contribution in [2.75, 3.05) is 33.8 Å². The van der Waals surface area contributed by atoms with Gasteiger partial charge < -0.3 is 14.4 Å². The monoisotopic (exact) mass is 598 g/mol. The summed E-state index contributed by atoms with van der Waals surface area (Å²) in [5.41, 5.74) is 4.87. The summed E-state index contributed by atoms with van der Waals surface area (Å²) >= 11 is 0. The van der Waals surface area contributed by atoms with Gasteiger partial charge in [-0.25, -0.2) is 0 Å². The molecule has 0 fully saturated rings. The van der Waals surface area contributed by atoms with Crippen molar-refractivity contribution in [1.29, 1.82) is 0 Å². The molecule has 1 heterocycles. The van der Waals surface area contributed by atoms with Gasteiger partial charge in [-0.1, -0.05) is 48.5 Å². The molecule has 4 rings (SSSR count). The predicted molar refractivity (Wildman–Crippen MR) is 173 cm³/mol. The smallest absolute Gasteiger partial charge is 0.306 e. The van der Waals surface area contributed by atoms with E-state index in [1.165, 1.54) is 16.0 Å². The number of hydrogen-bond donors (Lipinski definition) is 0. The molecule has 7 nitrogen and oxygen atoms in total. The molecule has 0 unspecified atom stereocenters. The first-order valence-corrected chi connectivity index (χ1v) is 15.6. The lowest BCUT2D eigenvalue weighted by Crippen LogP contribution is -2.31. The third kappa shape index (κ3) is 9.52. The third-order valence-electron chi connectivity index (χ3n) is 7.54. The van der Waals surface area contributed by atoms with E-state index in [1.54, 1.807) is 24.3 Å². The maximum absolute atomic E-state index is 12.9. The number of nitrogens with zero attached hydrogens (tertiary/aromatic N) is 2. The average molecular weight is 599 g/mol. The highest BCUT2D eigenvalue weighted by Crippen LogP contribution is 2.25. The molecule has 44 heavy (non-hydrogen) atoms. The van der Waals surface area contributed by atoms with Gasteiger partial charge in [0.1, 0.15) is 11.4 Å². The van der Waals surface area contributed by atoms with Gasteiger partial charge >= 0.3 is 5.97 Å². The molecule has 1 aliphatic heterocycles. The zero-order chi connectivity index (χ0) is 31.7. The van der Waals surface area contributed by atoms with Crippen LogP contribution in [0.5, 0.6) is 5.75 Å². The van der Waals surface area contributed by atoms with Gasteiger partial charge in [0, 0.05) is 19.5 Å². The van der Waals surface area contributed by atoms with Crippen LogP contribution >= 0.6 is 0 Å². The molecule has 0 saturated heterocycles. The number of amides is 2. The SMILES string of the molecule is CN(C)CCCOc1ccccc1CCCc1cc(CCC(=O)OC(C)(C)C)cc(CCN2C(=O)c3ccccc3C2=O)c1. The molecule has 0 aliphatic carbocycles. The second-order valence-electron chi connectivity index (χ2n) is 12.8. The maximum atomic E-state index is 12.9. The molecule has 0 saturated carbocycles. The van der Waals surface area contributed by atoms with Crippen LogP contribution in [-0.4, -0.2) is 67.0 Å². The summed E-state index contributed by atoms with van der Waals surface area (Å²) in [5.74, 6) is 0.237. The van der Waals surface area contributed by atoms with Crippen molar-refractivity contribution < 1.29 is 23.9 Å². The summed E-state index contributed by atoms with van der Waals surface area (Å²) in [7, 11) is 4.13. The molecule has 0 spiro atoms. The first-order chi connectivity index (χ1) is 21.0. The first-order valence-electron chi connectivity index (χ1n) is 15.6. The van der Waals surface area contributed by atoms with Gasteiger partial charge in [0.15, 0.2) is 0 Å². The fourth-order valence-electron chi connectivity index (χ4n) is 5.49. The third-order valence-corrected chi connectivity index (χ3v) is 7.54. The second-order valence-corrected chi connectivity index (χ2v) is 12.8. The molecular formula is C37H46N2O5. The number of para-hydroxylation sites is 1. The van der Waals surface area contributed by atoms with Gasteiger partial charge in [0.2, 0.25) is 0 Å². The summed E-state index contributed by atoms with van der Waals surface area (Å²) in [5, 5.41) is 0. The van der Waals surface area contributed by atoms with Crippen LogP contribution in [0, 0.1) is 0 Å². The molecular weight excluding hydrogens is 552 g/mol. The minimum Gasteiger partial charge on any atom is -0.493 e. The van der Waals surface area contributed by atoms with Crippen LogP contribution < -0.4 is 4.74 Å². The number of hydrogen-bond acceptors (Lipinski definition) is 6. The van der Waals surface area contributed by atoms with E-state index >= 15 is 0 Å². The largest absolute Gasteiger partial charge is 0.493 e. The minimum atomic E-state index is -0.525. The molecule has 0 aromatic heterocycles. The van der Waals surface area contributed by atoms with Gasteiger partial charge in [-0.15, -0.1) is 0 Å². The fraction of sp³-hybridized carbons (Fsp3) is 0.432. The van der Waals surface area contributed by atoms with Crippen LogP contribution in [0.4, 0.5) is 0 Å². The minimum absolute atomic E-state index is 0.224. The van der Waals surface area contributed by atoms with Crippen LogP contribution in [0.3, 0.4) is 0 Å². The molecule has 3 aromatic carbocycles. The number of rotatable bonds is 15. The Balaban J connectivity index is 1.43. The van der Waals surface area contributed by atoms with Gasteiger partial charge in [0.25, 0.3) is 11.8 Å². The number of ether oxygens (including phenoxy) is 2. The highest BCUT2D eigenvalue weighted by atomic mass is 16.6. The van der Waals surface area contributed by atoms with E-state index in [2.05, 4.69) is 49.3 Å². The molecule has 3 aromatic rings. The molecule has 0 N–H and O–H groups in total. The van der Waals surface area contributed by atoms with Crippen molar-refractivity contribution in [3.8, 4) is 5.75 Å². The number of aryl methyl sites for hydroxylation is 3. The van der Waals surface area contributed by atoms with Crippen LogP contribution in [0.25, 0.3) is 0 Å². The van der Waals surface area contributed by atoms with Crippen molar-refractivity contribution in [2.45, 2.75) is 71.3 Å². The normalized spacial score (nSPS) is 13.0. The van der Waals surface area contributed by atoms with E-state index in [9.17, 15) is 14.4 Å². The summed E-state index contributed by atoms with van der Waals surface area (Å²) in [6.45, 7) is 7.59. The zero-order valence-corrected chi connectivity index (χ0v) is 26.9. The van der Waals surface area contributed by atoms with Crippen molar-refractivity contribution in [3.05, 3.63) is 100 Å². The Bertz CT molecular complexity index is 1420. The van der Waals surface area contributed by atoms with Crippen molar-refractivity contribution in [3.63, 3.8) is 0 Å². The quantitative estimate of drug-likeness (QED) is 0.116. The van der Waals surface area contributed by atoms with Crippen LogP contribution in [0.1, 0.15) is 83.0 Å². The molecule has 0 radical (unpaired) electrons. The summed E-state index contributed by atoms with van der Waals surface area (Å²) in [6.07, 6.45) is 5.05. The zero-order valence-electron chi connectivity index (χ0n) is 26.9. The standard InChI is InChI=1S/C37H46N2O5/c1-37(2,3)44-34(40)19-18-28-24-27(12-10-14-30-13-6-9-17-33(30)43-23-11-21-38(4)5)25-29(26-28)20-22-39-35(41)31-15-7-8-16-32(31)36(39)42/h6-9,13,15-17,24-26H,10-12,14,18-23H2,1-5H3. The summed E-state index contributed by atoms with van der Waals surface area (Å²) in [6, 6.07) is 21.6. The van der Waals surface area contributed by atoms with E-state index in [-0.39, 0.29) is 24.2 Å². The summed E-state index contributed by atoms with van der Waals surface area (Å²) in [4.78, 5) is 41.8. The Labute approximate surface area is 262 Å². The molecule has 7 heteroatoms. The van der Waals surface area contributed by atoms with Crippen LogP contribution in [0.2, 0.25) is 0 Å². The van der Waals surface area contributed by atoms with Crippen LogP contribution in [-0.2, 0) is 35.2 Å². The lowest BCUT2D eigenvalue weighted by Gasteiger charge is -2.19. The van der Waals surface area contributed by atoms with Crippen molar-refractivity contribution in [2.24, 2.45) is 0 Å². The number of carbonyl (C=O) groups is 3. The molecule has 0 bridgehead atoms. The van der Waals surface area contributed by atoms with E-state index in [1.807, 2.05) is 32.9 Å². The number of fused-ring (bicyclic) bond motifs is 1. The molecule has 2 amide bonds. The highest BCUT2D eigenvalue weighted by molar-refractivity contribution is 6.21. The maximum Gasteiger partial charge on any atom is 0.306 e. The Morgan fingerprint density at radius 2 is 1.36 bits per heavy atom. The Hall–Kier alpha value is -3.97. The molecule has 0 atom stereocenters. The lowest BCUT2D eigenvalue weighted by atomic mass is 9.96. The lowest BCUT2D eigenvalue weighted by molar-refractivity contribution is -0.154. The topological polar surface area (TPSA) is 76.2 Å². The van der Waals surface area contributed by atoms with Crippen LogP contribution in [0.15, 0.2) is 66.7 Å². The number of benzene rings is 3. The van der Waals surface area contributed by atoms with Gasteiger partial charge in [0.05, 0.1) is 17.7 Å².